The van der Waals surface area contributed by atoms with Crippen molar-refractivity contribution in [3.8, 4) is 0 Å². The van der Waals surface area contributed by atoms with Crippen molar-refractivity contribution in [1.82, 2.24) is 0 Å². The standard InChI is InChI=1S/C24H20N2O3/c1-16-9-8-14-19(15-16)25-23(27)20-21(17-10-4-2-5-11-17)26(29-22(20)24(25)28)18-12-6-3-7-13-18/h2-15,20-22H,1H3/t20-,21-,22+/m1/s1. The van der Waals surface area contributed by atoms with E-state index in [1.54, 1.807) is 11.1 Å². The molecule has 0 radical (unpaired) electrons. The van der Waals surface area contributed by atoms with Crippen LogP contribution in [0.15, 0.2) is 84.9 Å². The van der Waals surface area contributed by atoms with Gasteiger partial charge in [0, 0.05) is 0 Å². The average Bonchev–Trinajstić information content (AvgIpc) is 3.26. The molecule has 2 aliphatic heterocycles. The van der Waals surface area contributed by atoms with E-state index in [9.17, 15) is 9.59 Å². The summed E-state index contributed by atoms with van der Waals surface area (Å²) < 4.78 is 0. The number of hydrogen-bond donors (Lipinski definition) is 0. The SMILES string of the molecule is Cc1cccc(N2C(=O)[C@H]3[C@H](ON(c4ccccc4)[C@@H]3c3ccccc3)C2=O)c1. The average molecular weight is 384 g/mol. The molecule has 2 heterocycles. The molecule has 5 rings (SSSR count). The Morgan fingerprint density at radius 2 is 1.41 bits per heavy atom. The number of hydroxylamine groups is 1. The van der Waals surface area contributed by atoms with Gasteiger partial charge in [-0.2, -0.15) is 0 Å². The van der Waals surface area contributed by atoms with E-state index in [4.69, 9.17) is 4.84 Å². The third-order valence-corrected chi connectivity index (χ3v) is 5.53. The van der Waals surface area contributed by atoms with Gasteiger partial charge >= 0.3 is 0 Å². The molecule has 0 spiro atoms. The molecule has 29 heavy (non-hydrogen) atoms. The van der Waals surface area contributed by atoms with Crippen molar-refractivity contribution in [2.45, 2.75) is 19.1 Å². The van der Waals surface area contributed by atoms with Gasteiger partial charge < -0.3 is 0 Å². The molecule has 0 saturated carbocycles. The summed E-state index contributed by atoms with van der Waals surface area (Å²) in [6, 6.07) is 26.4. The molecule has 3 aromatic rings. The van der Waals surface area contributed by atoms with Crippen LogP contribution in [0.1, 0.15) is 17.2 Å². The van der Waals surface area contributed by atoms with Gasteiger partial charge in [0.15, 0.2) is 6.10 Å². The van der Waals surface area contributed by atoms with Crippen molar-refractivity contribution in [2.24, 2.45) is 5.92 Å². The molecule has 3 atom stereocenters. The molecule has 3 aromatic carbocycles. The number of nitrogens with zero attached hydrogens (tertiary/aromatic N) is 2. The van der Waals surface area contributed by atoms with Gasteiger partial charge in [-0.1, -0.05) is 60.7 Å². The quantitative estimate of drug-likeness (QED) is 0.640. The number of para-hydroxylation sites is 1. The van der Waals surface area contributed by atoms with Crippen LogP contribution >= 0.6 is 0 Å². The van der Waals surface area contributed by atoms with Gasteiger partial charge in [0.05, 0.1) is 17.4 Å². The summed E-state index contributed by atoms with van der Waals surface area (Å²) in [6.07, 6.45) is -0.839. The Morgan fingerprint density at radius 1 is 0.759 bits per heavy atom. The number of amides is 2. The molecule has 0 unspecified atom stereocenters. The number of rotatable bonds is 3. The maximum atomic E-state index is 13.5. The van der Waals surface area contributed by atoms with Crippen molar-refractivity contribution in [3.63, 3.8) is 0 Å². The molecule has 0 aromatic heterocycles. The summed E-state index contributed by atoms with van der Waals surface area (Å²) in [4.78, 5) is 34.1. The molecule has 2 aliphatic rings. The van der Waals surface area contributed by atoms with E-state index in [0.29, 0.717) is 5.69 Å². The second kappa shape index (κ2) is 6.87. The first-order valence-electron chi connectivity index (χ1n) is 9.65. The Labute approximate surface area is 169 Å². The lowest BCUT2D eigenvalue weighted by Crippen LogP contribution is -2.37. The molecule has 5 heteroatoms. The Bertz CT molecular complexity index is 1070. The van der Waals surface area contributed by atoms with Crippen LogP contribution in [0.25, 0.3) is 0 Å². The van der Waals surface area contributed by atoms with E-state index in [1.807, 2.05) is 85.8 Å². The third kappa shape index (κ3) is 2.82. The minimum Gasteiger partial charge on any atom is -0.273 e. The number of fused-ring (bicyclic) bond motifs is 1. The molecule has 5 nitrogen and oxygen atoms in total. The zero-order chi connectivity index (χ0) is 20.0. The monoisotopic (exact) mass is 384 g/mol. The highest BCUT2D eigenvalue weighted by molar-refractivity contribution is 6.23. The topological polar surface area (TPSA) is 49.9 Å². The first-order valence-corrected chi connectivity index (χ1v) is 9.65. The van der Waals surface area contributed by atoms with Crippen LogP contribution in [-0.2, 0) is 14.4 Å². The predicted molar refractivity (Wildman–Crippen MR) is 110 cm³/mol. The lowest BCUT2D eigenvalue weighted by molar-refractivity contribution is -0.126. The summed E-state index contributed by atoms with van der Waals surface area (Å²) in [5, 5.41) is 1.72. The second-order valence-corrected chi connectivity index (χ2v) is 7.42. The summed E-state index contributed by atoms with van der Waals surface area (Å²) in [7, 11) is 0. The normalized spacial score (nSPS) is 23.6. The zero-order valence-electron chi connectivity index (χ0n) is 15.9. The maximum Gasteiger partial charge on any atom is 0.266 e. The maximum absolute atomic E-state index is 13.5. The van der Waals surface area contributed by atoms with Crippen LogP contribution in [0.5, 0.6) is 0 Å². The van der Waals surface area contributed by atoms with Gasteiger partial charge in [-0.05, 0) is 42.3 Å². The number of anilines is 2. The van der Waals surface area contributed by atoms with E-state index >= 15 is 0 Å². The van der Waals surface area contributed by atoms with Gasteiger partial charge in [0.25, 0.3) is 5.91 Å². The number of benzene rings is 3. The van der Waals surface area contributed by atoms with E-state index in [-0.39, 0.29) is 17.9 Å². The lowest BCUT2D eigenvalue weighted by Gasteiger charge is -2.28. The number of imide groups is 1. The molecule has 0 bridgehead atoms. The fourth-order valence-electron chi connectivity index (χ4n) is 4.22. The van der Waals surface area contributed by atoms with Crippen LogP contribution in [0, 0.1) is 12.8 Å². The Balaban J connectivity index is 1.59. The van der Waals surface area contributed by atoms with E-state index in [1.165, 1.54) is 4.90 Å². The van der Waals surface area contributed by atoms with Gasteiger partial charge in [-0.15, -0.1) is 0 Å². The second-order valence-electron chi connectivity index (χ2n) is 7.42. The Hall–Kier alpha value is -3.44. The van der Waals surface area contributed by atoms with Crippen LogP contribution in [0.3, 0.4) is 0 Å². The largest absolute Gasteiger partial charge is 0.273 e. The number of carbonyl (C=O) groups excluding carboxylic acids is 2. The lowest BCUT2D eigenvalue weighted by atomic mass is 9.90. The molecular formula is C24H20N2O3. The molecule has 0 aliphatic carbocycles. The number of hydrogen-bond acceptors (Lipinski definition) is 4. The van der Waals surface area contributed by atoms with Crippen LogP contribution in [-0.4, -0.2) is 17.9 Å². The highest BCUT2D eigenvalue weighted by Crippen LogP contribution is 2.47. The zero-order valence-corrected chi connectivity index (χ0v) is 15.9. The van der Waals surface area contributed by atoms with Crippen molar-refractivity contribution in [2.75, 3.05) is 9.96 Å². The molecule has 0 N–H and O–H groups in total. The molecule has 2 saturated heterocycles. The van der Waals surface area contributed by atoms with Crippen LogP contribution in [0.2, 0.25) is 0 Å². The summed E-state index contributed by atoms with van der Waals surface area (Å²) >= 11 is 0. The van der Waals surface area contributed by atoms with E-state index in [0.717, 1.165) is 16.8 Å². The Kier molecular flexibility index (Phi) is 4.18. The molecule has 2 amide bonds. The first-order chi connectivity index (χ1) is 14.1. The van der Waals surface area contributed by atoms with Gasteiger partial charge in [-0.3, -0.25) is 14.4 Å². The molecule has 144 valence electrons. The van der Waals surface area contributed by atoms with Crippen molar-refractivity contribution in [1.29, 1.82) is 0 Å². The fraction of sp³-hybridized carbons (Fsp3) is 0.167. The minimum atomic E-state index is -0.839. The van der Waals surface area contributed by atoms with Crippen LogP contribution in [0.4, 0.5) is 11.4 Å². The van der Waals surface area contributed by atoms with E-state index < -0.39 is 12.0 Å². The fourth-order valence-corrected chi connectivity index (χ4v) is 4.22. The van der Waals surface area contributed by atoms with Gasteiger partial charge in [-0.25, -0.2) is 9.96 Å². The predicted octanol–water partition coefficient (Wildman–Crippen LogP) is 4.05. The minimum absolute atomic E-state index is 0.224. The number of aryl methyl sites for hydroxylation is 1. The molecule has 2 fully saturated rings. The van der Waals surface area contributed by atoms with Crippen molar-refractivity contribution in [3.05, 3.63) is 96.1 Å². The van der Waals surface area contributed by atoms with E-state index in [2.05, 4.69) is 0 Å². The molecular weight excluding hydrogens is 364 g/mol. The summed E-state index contributed by atoms with van der Waals surface area (Å²) in [5.74, 6) is -1.14. The highest BCUT2D eigenvalue weighted by atomic mass is 16.7. The highest BCUT2D eigenvalue weighted by Gasteiger charge is 2.60. The van der Waals surface area contributed by atoms with Crippen molar-refractivity contribution < 1.29 is 14.4 Å². The van der Waals surface area contributed by atoms with Gasteiger partial charge in [0.1, 0.15) is 5.92 Å². The smallest absolute Gasteiger partial charge is 0.266 e. The van der Waals surface area contributed by atoms with Crippen molar-refractivity contribution >= 4 is 23.2 Å². The summed E-state index contributed by atoms with van der Waals surface area (Å²) in [5.41, 5.74) is 3.34. The Morgan fingerprint density at radius 3 is 2.10 bits per heavy atom. The van der Waals surface area contributed by atoms with Crippen LogP contribution < -0.4 is 9.96 Å². The van der Waals surface area contributed by atoms with Gasteiger partial charge in [0.2, 0.25) is 5.91 Å². The number of carbonyl (C=O) groups is 2. The summed E-state index contributed by atoms with van der Waals surface area (Å²) in [6.45, 7) is 1.94. The first kappa shape index (κ1) is 17.6. The third-order valence-electron chi connectivity index (χ3n) is 5.53.